The Morgan fingerprint density at radius 3 is 2.82 bits per heavy atom. The molecule has 146 valence electrons. The highest BCUT2D eigenvalue weighted by atomic mass is 79.9. The molecule has 0 bridgehead atoms. The summed E-state index contributed by atoms with van der Waals surface area (Å²) in [6.45, 7) is 4.39. The zero-order valence-corrected chi connectivity index (χ0v) is 18.2. The third kappa shape index (κ3) is 5.11. The molecule has 2 heterocycles. The smallest absolute Gasteiger partial charge is 0.236 e. The molecule has 7 nitrogen and oxygen atoms in total. The molecule has 1 N–H and O–H groups in total. The van der Waals surface area contributed by atoms with E-state index >= 15 is 0 Å². The first-order valence-electron chi connectivity index (χ1n) is 8.55. The van der Waals surface area contributed by atoms with Gasteiger partial charge in [-0.3, -0.25) is 4.79 Å². The van der Waals surface area contributed by atoms with Crippen LogP contribution in [0, 0.1) is 13.8 Å². The van der Waals surface area contributed by atoms with E-state index in [0.29, 0.717) is 23.4 Å². The van der Waals surface area contributed by atoms with Gasteiger partial charge in [-0.15, -0.1) is 10.2 Å². The quantitative estimate of drug-likeness (QED) is 0.537. The van der Waals surface area contributed by atoms with E-state index in [-0.39, 0.29) is 11.7 Å². The fourth-order valence-corrected chi connectivity index (χ4v) is 3.34. The minimum absolute atomic E-state index is 0.156. The predicted molar refractivity (Wildman–Crippen MR) is 113 cm³/mol. The number of carbonyl (C=O) groups excluding carboxylic acids is 1. The van der Waals surface area contributed by atoms with E-state index in [4.69, 9.17) is 4.74 Å². The Morgan fingerprint density at radius 2 is 2.07 bits per heavy atom. The molecule has 0 aliphatic heterocycles. The fraction of sp³-hybridized carbons (Fsp3) is 0.263. The number of rotatable bonds is 7. The zero-order chi connectivity index (χ0) is 20.1. The van der Waals surface area contributed by atoms with Crippen LogP contribution in [0.25, 0.3) is 0 Å². The van der Waals surface area contributed by atoms with Crippen molar-refractivity contribution in [3.8, 4) is 5.75 Å². The van der Waals surface area contributed by atoms with Crippen LogP contribution in [0.3, 0.4) is 0 Å². The lowest BCUT2D eigenvalue weighted by Crippen LogP contribution is -2.15. The van der Waals surface area contributed by atoms with Gasteiger partial charge in [0.15, 0.2) is 11.0 Å². The van der Waals surface area contributed by atoms with E-state index < -0.39 is 0 Å². The topological polar surface area (TPSA) is 81.9 Å². The minimum atomic E-state index is -0.156. The molecule has 2 aromatic heterocycles. The number of ether oxygens (including phenoxy) is 1. The summed E-state index contributed by atoms with van der Waals surface area (Å²) >= 11 is 4.62. The van der Waals surface area contributed by atoms with Crippen LogP contribution >= 0.6 is 27.7 Å². The van der Waals surface area contributed by atoms with Gasteiger partial charge in [0, 0.05) is 17.7 Å². The second-order valence-electron chi connectivity index (χ2n) is 6.14. The van der Waals surface area contributed by atoms with Gasteiger partial charge in [0.05, 0.1) is 5.75 Å². The second-order valence-corrected chi connectivity index (χ2v) is 8.00. The van der Waals surface area contributed by atoms with Crippen LogP contribution < -0.4 is 10.1 Å². The summed E-state index contributed by atoms with van der Waals surface area (Å²) in [6.07, 6.45) is 1.63. The number of amides is 1. The van der Waals surface area contributed by atoms with Crippen molar-refractivity contribution in [3.05, 3.63) is 58.0 Å². The summed E-state index contributed by atoms with van der Waals surface area (Å²) in [7, 11) is 1.86. The highest BCUT2D eigenvalue weighted by Gasteiger charge is 2.13. The number of carbonyl (C=O) groups is 1. The summed E-state index contributed by atoms with van der Waals surface area (Å²) in [5.41, 5.74) is 2.29. The van der Waals surface area contributed by atoms with Gasteiger partial charge >= 0.3 is 0 Å². The molecule has 1 amide bonds. The Kier molecular flexibility index (Phi) is 6.69. The monoisotopic (exact) mass is 461 g/mol. The Hall–Kier alpha value is -2.39. The van der Waals surface area contributed by atoms with E-state index in [0.717, 1.165) is 15.8 Å². The largest absolute Gasteiger partial charge is 0.485 e. The molecular formula is C19H20BrN5O2S. The third-order valence-electron chi connectivity index (χ3n) is 4.16. The van der Waals surface area contributed by atoms with Crippen molar-refractivity contribution in [2.45, 2.75) is 25.6 Å². The molecule has 0 spiro atoms. The Bertz CT molecular complexity index is 975. The van der Waals surface area contributed by atoms with Crippen molar-refractivity contribution >= 4 is 39.4 Å². The summed E-state index contributed by atoms with van der Waals surface area (Å²) in [4.78, 5) is 16.2. The van der Waals surface area contributed by atoms with Gasteiger partial charge < -0.3 is 14.6 Å². The molecule has 0 unspecified atom stereocenters. The van der Waals surface area contributed by atoms with Crippen LogP contribution in [0.2, 0.25) is 0 Å². The highest BCUT2D eigenvalue weighted by Crippen LogP contribution is 2.22. The Morgan fingerprint density at radius 1 is 1.25 bits per heavy atom. The zero-order valence-electron chi connectivity index (χ0n) is 15.8. The van der Waals surface area contributed by atoms with Crippen LogP contribution in [0.4, 0.5) is 5.82 Å². The molecule has 3 rings (SSSR count). The molecular weight excluding hydrogens is 442 g/mol. The van der Waals surface area contributed by atoms with Crippen LogP contribution in [-0.4, -0.2) is 31.4 Å². The molecule has 0 radical (unpaired) electrons. The molecule has 0 fully saturated rings. The van der Waals surface area contributed by atoms with E-state index in [1.165, 1.54) is 17.3 Å². The average Bonchev–Trinajstić information content (AvgIpc) is 3.03. The number of aromatic nitrogens is 4. The lowest BCUT2D eigenvalue weighted by atomic mass is 10.1. The van der Waals surface area contributed by atoms with Crippen LogP contribution in [0.1, 0.15) is 17.0 Å². The lowest BCUT2D eigenvalue weighted by molar-refractivity contribution is -0.113. The van der Waals surface area contributed by atoms with Crippen molar-refractivity contribution < 1.29 is 9.53 Å². The first kappa shape index (κ1) is 20.3. The number of hydrogen-bond acceptors (Lipinski definition) is 6. The Balaban J connectivity index is 1.54. The number of benzene rings is 1. The van der Waals surface area contributed by atoms with Crippen molar-refractivity contribution in [2.24, 2.45) is 7.05 Å². The third-order valence-corrected chi connectivity index (χ3v) is 5.65. The van der Waals surface area contributed by atoms with Gasteiger partial charge in [-0.1, -0.05) is 23.9 Å². The van der Waals surface area contributed by atoms with Gasteiger partial charge in [-0.2, -0.15) is 0 Å². The molecule has 0 atom stereocenters. The SMILES string of the molecule is Cc1cccc(OCc2nnc(SCC(=O)Nc3ccc(Br)cn3)n2C)c1C. The summed E-state index contributed by atoms with van der Waals surface area (Å²) in [6, 6.07) is 9.51. The number of nitrogens with one attached hydrogen (secondary N) is 1. The minimum Gasteiger partial charge on any atom is -0.485 e. The van der Waals surface area contributed by atoms with Crippen LogP contribution in [-0.2, 0) is 18.4 Å². The van der Waals surface area contributed by atoms with E-state index in [1.807, 2.05) is 49.7 Å². The van der Waals surface area contributed by atoms with Crippen molar-refractivity contribution in [3.63, 3.8) is 0 Å². The lowest BCUT2D eigenvalue weighted by Gasteiger charge is -2.10. The molecule has 3 aromatic rings. The maximum Gasteiger partial charge on any atom is 0.236 e. The standard InChI is InChI=1S/C19H20BrN5O2S/c1-12-5-4-6-15(13(12)2)27-10-17-23-24-19(25(17)3)28-11-18(26)22-16-8-7-14(20)9-21-16/h4-9H,10-11H2,1-3H3,(H,21,22,26). The maximum absolute atomic E-state index is 12.1. The van der Waals surface area contributed by atoms with Gasteiger partial charge in [-0.25, -0.2) is 4.98 Å². The molecule has 9 heteroatoms. The number of aryl methyl sites for hydroxylation is 1. The van der Waals surface area contributed by atoms with Gasteiger partial charge in [-0.05, 0) is 59.1 Å². The number of anilines is 1. The fourth-order valence-electron chi connectivity index (χ4n) is 2.38. The first-order chi connectivity index (χ1) is 13.4. The molecule has 0 aliphatic carbocycles. The summed E-state index contributed by atoms with van der Waals surface area (Å²) in [5.74, 6) is 2.09. The van der Waals surface area contributed by atoms with Gasteiger partial charge in [0.2, 0.25) is 5.91 Å². The summed E-state index contributed by atoms with van der Waals surface area (Å²) < 4.78 is 8.58. The van der Waals surface area contributed by atoms with Crippen molar-refractivity contribution in [1.82, 2.24) is 19.7 Å². The molecule has 0 aliphatic rings. The molecule has 0 saturated heterocycles. The van der Waals surface area contributed by atoms with Crippen LogP contribution in [0.5, 0.6) is 5.75 Å². The first-order valence-corrected chi connectivity index (χ1v) is 10.3. The van der Waals surface area contributed by atoms with Crippen molar-refractivity contribution in [2.75, 3.05) is 11.1 Å². The number of halogens is 1. The Labute approximate surface area is 176 Å². The number of thioether (sulfide) groups is 1. The number of nitrogens with zero attached hydrogens (tertiary/aromatic N) is 4. The molecule has 28 heavy (non-hydrogen) atoms. The number of pyridine rings is 1. The highest BCUT2D eigenvalue weighted by molar-refractivity contribution is 9.10. The second kappa shape index (κ2) is 9.20. The number of hydrogen-bond donors (Lipinski definition) is 1. The molecule has 1 aromatic carbocycles. The summed E-state index contributed by atoms with van der Waals surface area (Å²) in [5, 5.41) is 11.7. The normalized spacial score (nSPS) is 10.7. The average molecular weight is 462 g/mol. The van der Waals surface area contributed by atoms with Crippen molar-refractivity contribution in [1.29, 1.82) is 0 Å². The van der Waals surface area contributed by atoms with E-state index in [9.17, 15) is 4.79 Å². The predicted octanol–water partition coefficient (Wildman–Crippen LogP) is 3.90. The van der Waals surface area contributed by atoms with Crippen LogP contribution in [0.15, 0.2) is 46.2 Å². The van der Waals surface area contributed by atoms with E-state index in [2.05, 4.69) is 36.4 Å². The van der Waals surface area contributed by atoms with E-state index in [1.54, 1.807) is 12.3 Å². The van der Waals surface area contributed by atoms with Gasteiger partial charge in [0.1, 0.15) is 18.2 Å². The maximum atomic E-state index is 12.1. The van der Waals surface area contributed by atoms with Gasteiger partial charge in [0.25, 0.3) is 0 Å². The molecule has 0 saturated carbocycles.